The zero-order chi connectivity index (χ0) is 14.0. The Balaban J connectivity index is 0.000000205. The molecule has 0 bridgehead atoms. The van der Waals surface area contributed by atoms with E-state index in [1.165, 1.54) is 64.2 Å². The molecular formula is C19H30O. The Morgan fingerprint density at radius 3 is 1.15 bits per heavy atom. The molecule has 0 heterocycles. The zero-order valence-corrected chi connectivity index (χ0v) is 12.7. The van der Waals surface area contributed by atoms with Crippen LogP contribution in [-0.4, -0.2) is 11.2 Å². The monoisotopic (exact) mass is 274 g/mol. The molecule has 2 aliphatic carbocycles. The van der Waals surface area contributed by atoms with Gasteiger partial charge in [-0.15, -0.1) is 0 Å². The van der Waals surface area contributed by atoms with Crippen molar-refractivity contribution >= 4 is 0 Å². The topological polar surface area (TPSA) is 20.2 Å². The second kappa shape index (κ2) is 9.18. The zero-order valence-electron chi connectivity index (χ0n) is 12.7. The molecule has 1 aromatic rings. The van der Waals surface area contributed by atoms with Gasteiger partial charge in [0, 0.05) is 0 Å². The first kappa shape index (κ1) is 15.6. The van der Waals surface area contributed by atoms with E-state index in [9.17, 15) is 5.11 Å². The summed E-state index contributed by atoms with van der Waals surface area (Å²) in [5.41, 5.74) is 0. The SMILES string of the molecule is OC(C1CCCCC1)C1CCCCC1.c1ccccc1. The maximum absolute atomic E-state index is 10.3. The van der Waals surface area contributed by atoms with Crippen molar-refractivity contribution in [1.29, 1.82) is 0 Å². The fraction of sp³-hybridized carbons (Fsp3) is 0.684. The Hall–Kier alpha value is -0.820. The average molecular weight is 274 g/mol. The molecule has 3 rings (SSSR count). The number of benzene rings is 1. The van der Waals surface area contributed by atoms with Gasteiger partial charge in [-0.25, -0.2) is 0 Å². The summed E-state index contributed by atoms with van der Waals surface area (Å²) in [5.74, 6) is 1.29. The lowest BCUT2D eigenvalue weighted by Crippen LogP contribution is -2.31. The lowest BCUT2D eigenvalue weighted by atomic mass is 9.75. The van der Waals surface area contributed by atoms with Gasteiger partial charge in [0.15, 0.2) is 0 Å². The van der Waals surface area contributed by atoms with Crippen molar-refractivity contribution in [2.45, 2.75) is 70.3 Å². The number of aliphatic hydroxyl groups is 1. The van der Waals surface area contributed by atoms with Crippen LogP contribution in [0.15, 0.2) is 36.4 Å². The van der Waals surface area contributed by atoms with Gasteiger partial charge in [-0.05, 0) is 37.5 Å². The molecule has 2 aliphatic rings. The van der Waals surface area contributed by atoms with Crippen molar-refractivity contribution < 1.29 is 5.11 Å². The summed E-state index contributed by atoms with van der Waals surface area (Å²) in [6.07, 6.45) is 13.4. The molecule has 2 fully saturated rings. The third kappa shape index (κ3) is 5.28. The highest BCUT2D eigenvalue weighted by Gasteiger charge is 2.29. The third-order valence-corrected chi connectivity index (χ3v) is 4.93. The van der Waals surface area contributed by atoms with Gasteiger partial charge < -0.3 is 5.11 Å². The molecule has 20 heavy (non-hydrogen) atoms. The van der Waals surface area contributed by atoms with Crippen molar-refractivity contribution in [2.24, 2.45) is 11.8 Å². The van der Waals surface area contributed by atoms with Crippen LogP contribution in [0.5, 0.6) is 0 Å². The second-order valence-electron chi connectivity index (χ2n) is 6.44. The summed E-state index contributed by atoms with van der Waals surface area (Å²) in [6, 6.07) is 12.0. The number of hydrogen-bond donors (Lipinski definition) is 1. The van der Waals surface area contributed by atoms with Crippen LogP contribution >= 0.6 is 0 Å². The van der Waals surface area contributed by atoms with E-state index in [4.69, 9.17) is 0 Å². The molecule has 0 saturated heterocycles. The molecule has 0 amide bonds. The summed E-state index contributed by atoms with van der Waals surface area (Å²) in [4.78, 5) is 0. The lowest BCUT2D eigenvalue weighted by Gasteiger charge is -2.34. The van der Waals surface area contributed by atoms with E-state index in [0.29, 0.717) is 11.8 Å². The fourth-order valence-corrected chi connectivity index (χ4v) is 3.72. The Bertz CT molecular complexity index is 278. The minimum absolute atomic E-state index is 0.0376. The molecule has 1 N–H and O–H groups in total. The molecule has 1 nitrogen and oxygen atoms in total. The van der Waals surface area contributed by atoms with Gasteiger partial charge in [-0.1, -0.05) is 74.9 Å². The van der Waals surface area contributed by atoms with Crippen LogP contribution in [0.25, 0.3) is 0 Å². The van der Waals surface area contributed by atoms with Gasteiger partial charge in [0.25, 0.3) is 0 Å². The maximum Gasteiger partial charge on any atom is 0.0596 e. The van der Waals surface area contributed by atoms with Gasteiger partial charge in [0.1, 0.15) is 0 Å². The van der Waals surface area contributed by atoms with E-state index in [1.54, 1.807) is 0 Å². The predicted octanol–water partition coefficient (Wildman–Crippen LogP) is 5.19. The van der Waals surface area contributed by atoms with Gasteiger partial charge in [0.05, 0.1) is 6.10 Å². The normalized spacial score (nSPS) is 21.3. The van der Waals surface area contributed by atoms with Crippen LogP contribution in [0.1, 0.15) is 64.2 Å². The van der Waals surface area contributed by atoms with E-state index in [-0.39, 0.29) is 6.10 Å². The van der Waals surface area contributed by atoms with Gasteiger partial charge >= 0.3 is 0 Å². The molecule has 0 radical (unpaired) electrons. The van der Waals surface area contributed by atoms with Crippen LogP contribution in [0.4, 0.5) is 0 Å². The average Bonchev–Trinajstić information content (AvgIpc) is 2.58. The molecular weight excluding hydrogens is 244 g/mol. The molecule has 1 heteroatoms. The molecule has 1 aromatic carbocycles. The number of aliphatic hydroxyl groups excluding tert-OH is 1. The summed E-state index contributed by atoms with van der Waals surface area (Å²) < 4.78 is 0. The third-order valence-electron chi connectivity index (χ3n) is 4.93. The first-order valence-corrected chi connectivity index (χ1v) is 8.56. The van der Waals surface area contributed by atoms with Crippen molar-refractivity contribution in [3.05, 3.63) is 36.4 Å². The van der Waals surface area contributed by atoms with Crippen molar-refractivity contribution in [3.63, 3.8) is 0 Å². The van der Waals surface area contributed by atoms with Crippen LogP contribution in [-0.2, 0) is 0 Å². The molecule has 0 unspecified atom stereocenters. The molecule has 0 aliphatic heterocycles. The molecule has 0 aromatic heterocycles. The molecule has 0 spiro atoms. The summed E-state index contributed by atoms with van der Waals surface area (Å²) in [6.45, 7) is 0. The molecule has 112 valence electrons. The van der Waals surface area contributed by atoms with E-state index in [1.807, 2.05) is 36.4 Å². The van der Waals surface area contributed by atoms with Gasteiger partial charge in [-0.2, -0.15) is 0 Å². The highest BCUT2D eigenvalue weighted by Crippen LogP contribution is 2.35. The van der Waals surface area contributed by atoms with Crippen LogP contribution < -0.4 is 0 Å². The minimum Gasteiger partial charge on any atom is -0.393 e. The minimum atomic E-state index is 0.0376. The van der Waals surface area contributed by atoms with Crippen molar-refractivity contribution in [2.75, 3.05) is 0 Å². The van der Waals surface area contributed by atoms with E-state index >= 15 is 0 Å². The first-order valence-electron chi connectivity index (χ1n) is 8.56. The Labute approximate surface area is 124 Å². The Kier molecular flexibility index (Phi) is 7.14. The predicted molar refractivity (Wildman–Crippen MR) is 85.6 cm³/mol. The largest absolute Gasteiger partial charge is 0.393 e. The Morgan fingerprint density at radius 2 is 0.850 bits per heavy atom. The standard InChI is InChI=1S/C13H24O.C6H6/c14-13(11-7-3-1-4-8-11)12-9-5-2-6-10-12;1-2-4-6-5-3-1/h11-14H,1-10H2;1-6H. The summed E-state index contributed by atoms with van der Waals surface area (Å²) >= 11 is 0. The van der Waals surface area contributed by atoms with Crippen molar-refractivity contribution in [3.8, 4) is 0 Å². The van der Waals surface area contributed by atoms with E-state index < -0.39 is 0 Å². The quantitative estimate of drug-likeness (QED) is 0.786. The maximum atomic E-state index is 10.3. The number of rotatable bonds is 2. The Morgan fingerprint density at radius 1 is 0.550 bits per heavy atom. The van der Waals surface area contributed by atoms with E-state index in [0.717, 1.165) is 0 Å². The van der Waals surface area contributed by atoms with Crippen LogP contribution in [0.2, 0.25) is 0 Å². The number of hydrogen-bond acceptors (Lipinski definition) is 1. The lowest BCUT2D eigenvalue weighted by molar-refractivity contribution is 0.0186. The molecule has 0 atom stereocenters. The smallest absolute Gasteiger partial charge is 0.0596 e. The highest BCUT2D eigenvalue weighted by molar-refractivity contribution is 4.99. The van der Waals surface area contributed by atoms with Crippen molar-refractivity contribution in [1.82, 2.24) is 0 Å². The van der Waals surface area contributed by atoms with Gasteiger partial charge in [0.2, 0.25) is 0 Å². The molecule has 2 saturated carbocycles. The van der Waals surface area contributed by atoms with Gasteiger partial charge in [-0.3, -0.25) is 0 Å². The highest BCUT2D eigenvalue weighted by atomic mass is 16.3. The summed E-state index contributed by atoms with van der Waals surface area (Å²) in [5, 5.41) is 10.3. The van der Waals surface area contributed by atoms with Crippen LogP contribution in [0.3, 0.4) is 0 Å². The van der Waals surface area contributed by atoms with Crippen LogP contribution in [0, 0.1) is 11.8 Å². The first-order chi connectivity index (χ1) is 9.88. The fourth-order valence-electron chi connectivity index (χ4n) is 3.72. The second-order valence-corrected chi connectivity index (χ2v) is 6.44. The summed E-state index contributed by atoms with van der Waals surface area (Å²) in [7, 11) is 0. The van der Waals surface area contributed by atoms with E-state index in [2.05, 4.69) is 0 Å².